The Hall–Kier alpha value is -4.12. The molecule has 0 spiro atoms. The number of carbonyl (C=O) groups is 1. The molecular formula is C28H34N2O8S. The van der Waals surface area contributed by atoms with E-state index in [0.29, 0.717) is 18.1 Å². The van der Waals surface area contributed by atoms with Gasteiger partial charge in [0.05, 0.1) is 51.7 Å². The number of rotatable bonds is 13. The number of anilines is 1. The Morgan fingerprint density at radius 2 is 1.44 bits per heavy atom. The molecule has 0 aliphatic carbocycles. The van der Waals surface area contributed by atoms with Gasteiger partial charge in [-0.25, -0.2) is 8.42 Å². The lowest BCUT2D eigenvalue weighted by atomic mass is 10.1. The van der Waals surface area contributed by atoms with Crippen molar-refractivity contribution >= 4 is 21.6 Å². The number of sulfonamides is 1. The summed E-state index contributed by atoms with van der Waals surface area (Å²) in [6, 6.07) is 15.9. The number of nitrogens with one attached hydrogen (secondary N) is 1. The second-order valence-electron chi connectivity index (χ2n) is 8.36. The topological polar surface area (TPSA) is 113 Å². The fourth-order valence-electron chi connectivity index (χ4n) is 3.92. The first-order chi connectivity index (χ1) is 18.7. The summed E-state index contributed by atoms with van der Waals surface area (Å²) in [7, 11) is 1.45. The van der Waals surface area contributed by atoms with Gasteiger partial charge in [0.15, 0.2) is 11.5 Å². The second-order valence-corrected chi connectivity index (χ2v) is 10.2. The van der Waals surface area contributed by atoms with Gasteiger partial charge in [-0.1, -0.05) is 12.1 Å². The Balaban J connectivity index is 2.00. The molecule has 0 heterocycles. The molecule has 0 unspecified atom stereocenters. The average molecular weight is 559 g/mol. The Morgan fingerprint density at radius 3 is 2.03 bits per heavy atom. The molecule has 11 heteroatoms. The molecule has 3 aromatic carbocycles. The summed E-state index contributed by atoms with van der Waals surface area (Å²) in [6.45, 7) is 3.73. The molecule has 0 aromatic heterocycles. The van der Waals surface area contributed by atoms with Gasteiger partial charge in [-0.3, -0.25) is 9.10 Å². The maximum atomic E-state index is 14.0. The van der Waals surface area contributed by atoms with Gasteiger partial charge in [-0.05, 0) is 55.8 Å². The van der Waals surface area contributed by atoms with Gasteiger partial charge in [0.2, 0.25) is 5.91 Å². The molecule has 210 valence electrons. The summed E-state index contributed by atoms with van der Waals surface area (Å²) in [5.74, 6) is 1.42. The van der Waals surface area contributed by atoms with Crippen LogP contribution in [-0.4, -0.2) is 55.9 Å². The van der Waals surface area contributed by atoms with Crippen LogP contribution in [-0.2, 0) is 14.8 Å². The van der Waals surface area contributed by atoms with Crippen molar-refractivity contribution in [1.29, 1.82) is 0 Å². The van der Waals surface area contributed by atoms with Crippen molar-refractivity contribution in [2.45, 2.75) is 24.8 Å². The molecule has 0 aliphatic heterocycles. The lowest BCUT2D eigenvalue weighted by molar-refractivity contribution is -0.120. The van der Waals surface area contributed by atoms with Crippen molar-refractivity contribution in [1.82, 2.24) is 5.32 Å². The van der Waals surface area contributed by atoms with Crippen LogP contribution >= 0.6 is 0 Å². The normalized spacial score (nSPS) is 11.7. The number of carbonyl (C=O) groups excluding carboxylic acids is 1. The van der Waals surface area contributed by atoms with E-state index in [9.17, 15) is 13.2 Å². The van der Waals surface area contributed by atoms with Gasteiger partial charge in [-0.2, -0.15) is 0 Å². The first-order valence-electron chi connectivity index (χ1n) is 12.2. The van der Waals surface area contributed by atoms with Crippen molar-refractivity contribution < 1.29 is 36.9 Å². The highest BCUT2D eigenvalue weighted by Gasteiger charge is 2.31. The molecule has 0 fully saturated rings. The highest BCUT2D eigenvalue weighted by atomic mass is 32.2. The average Bonchev–Trinajstić information content (AvgIpc) is 2.95. The van der Waals surface area contributed by atoms with Crippen molar-refractivity contribution in [3.63, 3.8) is 0 Å². The Kier molecular flexibility index (Phi) is 9.89. The summed E-state index contributed by atoms with van der Waals surface area (Å²) in [5.41, 5.74) is 0.968. The third kappa shape index (κ3) is 6.85. The van der Waals surface area contributed by atoms with Gasteiger partial charge >= 0.3 is 0 Å². The zero-order chi connectivity index (χ0) is 28.6. The van der Waals surface area contributed by atoms with Crippen LogP contribution in [0.4, 0.5) is 5.69 Å². The van der Waals surface area contributed by atoms with Crippen molar-refractivity contribution in [2.75, 3.05) is 45.9 Å². The molecule has 1 atom stereocenters. The Bertz CT molecular complexity index is 1380. The molecule has 3 aromatic rings. The van der Waals surface area contributed by atoms with E-state index in [1.807, 2.05) is 38.1 Å². The van der Waals surface area contributed by atoms with E-state index < -0.39 is 28.5 Å². The molecule has 0 aliphatic rings. The van der Waals surface area contributed by atoms with Gasteiger partial charge < -0.3 is 29.0 Å². The fraction of sp³-hybridized carbons (Fsp3) is 0.321. The highest BCUT2D eigenvalue weighted by molar-refractivity contribution is 7.92. The van der Waals surface area contributed by atoms with Crippen LogP contribution in [0.2, 0.25) is 0 Å². The maximum Gasteiger partial charge on any atom is 0.265 e. The SMILES string of the molecule is CCOc1ccc([C@H](C)NC(=O)CN(c2cc(OC)ccc2OC)S(=O)(=O)c2ccc(OC)c(OC)c2)cc1. The van der Waals surface area contributed by atoms with E-state index in [-0.39, 0.29) is 22.1 Å². The third-order valence-corrected chi connectivity index (χ3v) is 7.71. The summed E-state index contributed by atoms with van der Waals surface area (Å²) in [5, 5.41) is 2.88. The van der Waals surface area contributed by atoms with Crippen molar-refractivity contribution in [3.8, 4) is 28.7 Å². The van der Waals surface area contributed by atoms with Gasteiger partial charge in [0, 0.05) is 12.1 Å². The highest BCUT2D eigenvalue weighted by Crippen LogP contribution is 2.37. The Morgan fingerprint density at radius 1 is 0.821 bits per heavy atom. The van der Waals surface area contributed by atoms with E-state index in [1.54, 1.807) is 12.1 Å². The number of hydrogen-bond acceptors (Lipinski definition) is 8. The molecule has 0 bridgehead atoms. The summed E-state index contributed by atoms with van der Waals surface area (Å²) in [6.07, 6.45) is 0. The van der Waals surface area contributed by atoms with Crippen LogP contribution in [0.5, 0.6) is 28.7 Å². The first-order valence-corrected chi connectivity index (χ1v) is 13.6. The number of benzene rings is 3. The number of nitrogens with zero attached hydrogens (tertiary/aromatic N) is 1. The van der Waals surface area contributed by atoms with Crippen molar-refractivity contribution in [2.24, 2.45) is 0 Å². The monoisotopic (exact) mass is 558 g/mol. The van der Waals surface area contributed by atoms with Crippen molar-refractivity contribution in [3.05, 3.63) is 66.2 Å². The summed E-state index contributed by atoms with van der Waals surface area (Å²) >= 11 is 0. The molecule has 0 saturated carbocycles. The minimum absolute atomic E-state index is 0.0996. The molecule has 39 heavy (non-hydrogen) atoms. The van der Waals surface area contributed by atoms with E-state index in [2.05, 4.69) is 5.32 Å². The van der Waals surface area contributed by atoms with E-state index >= 15 is 0 Å². The van der Waals surface area contributed by atoms with Crippen LogP contribution in [0, 0.1) is 0 Å². The van der Waals surface area contributed by atoms with Crippen LogP contribution < -0.4 is 33.3 Å². The zero-order valence-corrected chi connectivity index (χ0v) is 23.7. The standard InChI is InChI=1S/C28H34N2O8S/c1-7-38-21-10-8-20(9-11-21)19(2)29-28(31)18-30(24-16-22(34-3)12-14-25(24)35-4)39(32,33)23-13-15-26(36-5)27(17-23)37-6/h8-17,19H,7,18H2,1-6H3,(H,29,31)/t19-/m0/s1. The number of methoxy groups -OCH3 is 4. The fourth-order valence-corrected chi connectivity index (χ4v) is 5.36. The minimum atomic E-state index is -4.29. The molecular weight excluding hydrogens is 524 g/mol. The quantitative estimate of drug-likeness (QED) is 0.332. The van der Waals surface area contributed by atoms with E-state index in [4.69, 9.17) is 23.7 Å². The largest absolute Gasteiger partial charge is 0.497 e. The zero-order valence-electron chi connectivity index (χ0n) is 22.9. The number of ether oxygens (including phenoxy) is 5. The molecule has 1 amide bonds. The third-order valence-electron chi connectivity index (χ3n) is 5.95. The predicted octanol–water partition coefficient (Wildman–Crippen LogP) is 4.19. The minimum Gasteiger partial charge on any atom is -0.497 e. The molecule has 3 rings (SSSR count). The smallest absolute Gasteiger partial charge is 0.265 e. The molecule has 0 saturated heterocycles. The molecule has 0 radical (unpaired) electrons. The van der Waals surface area contributed by atoms with E-state index in [1.165, 1.54) is 52.7 Å². The lowest BCUT2D eigenvalue weighted by Gasteiger charge is -2.27. The predicted molar refractivity (Wildman–Crippen MR) is 148 cm³/mol. The van der Waals surface area contributed by atoms with Gasteiger partial charge in [0.25, 0.3) is 10.0 Å². The number of hydrogen-bond donors (Lipinski definition) is 1. The van der Waals surface area contributed by atoms with Crippen LogP contribution in [0.3, 0.4) is 0 Å². The lowest BCUT2D eigenvalue weighted by Crippen LogP contribution is -2.41. The molecule has 10 nitrogen and oxygen atoms in total. The summed E-state index contributed by atoms with van der Waals surface area (Å²) in [4.78, 5) is 13.2. The van der Waals surface area contributed by atoms with Gasteiger partial charge in [0.1, 0.15) is 23.8 Å². The van der Waals surface area contributed by atoms with Crippen LogP contribution in [0.15, 0.2) is 65.6 Å². The maximum absolute atomic E-state index is 14.0. The second kappa shape index (κ2) is 13.1. The number of amides is 1. The Labute approximate surface area is 229 Å². The van der Waals surface area contributed by atoms with Crippen LogP contribution in [0.1, 0.15) is 25.5 Å². The molecule has 1 N–H and O–H groups in total. The van der Waals surface area contributed by atoms with Gasteiger partial charge in [-0.15, -0.1) is 0 Å². The summed E-state index contributed by atoms with van der Waals surface area (Å²) < 4.78 is 55.8. The van der Waals surface area contributed by atoms with Crippen LogP contribution in [0.25, 0.3) is 0 Å². The first kappa shape index (κ1) is 29.4. The van der Waals surface area contributed by atoms with E-state index in [0.717, 1.165) is 15.6 Å².